The van der Waals surface area contributed by atoms with Gasteiger partial charge in [0.2, 0.25) is 0 Å². The second kappa shape index (κ2) is 5.32. The van der Waals surface area contributed by atoms with Gasteiger partial charge >= 0.3 is 0 Å². The minimum Gasteiger partial charge on any atom is -0.381 e. The number of halogens is 1. The molecule has 0 aliphatic rings. The molecule has 1 aromatic rings. The van der Waals surface area contributed by atoms with E-state index in [4.69, 9.17) is 11.6 Å². The Hall–Kier alpha value is -1.07. The molecule has 1 unspecified atom stereocenters. The van der Waals surface area contributed by atoms with Gasteiger partial charge in [-0.2, -0.15) is 5.10 Å². The number of aromatic nitrogens is 2. The van der Waals surface area contributed by atoms with Crippen LogP contribution in [0.4, 0.5) is 5.69 Å². The van der Waals surface area contributed by atoms with Gasteiger partial charge in [-0.1, -0.05) is 11.6 Å². The minimum absolute atomic E-state index is 0.184. The maximum absolute atomic E-state index is 11.5. The van der Waals surface area contributed by atoms with Crippen LogP contribution < -0.4 is 10.9 Å². The quantitative estimate of drug-likeness (QED) is 0.851. The first-order valence-corrected chi connectivity index (χ1v) is 5.43. The van der Waals surface area contributed by atoms with Gasteiger partial charge in [-0.3, -0.25) is 4.79 Å². The van der Waals surface area contributed by atoms with E-state index in [1.807, 2.05) is 14.1 Å². The molecule has 1 aromatic heterocycles. The highest BCUT2D eigenvalue weighted by Crippen LogP contribution is 2.14. The van der Waals surface area contributed by atoms with Crippen molar-refractivity contribution in [3.05, 3.63) is 21.6 Å². The Morgan fingerprint density at radius 2 is 2.25 bits per heavy atom. The lowest BCUT2D eigenvalue weighted by atomic mass is 10.3. The van der Waals surface area contributed by atoms with Gasteiger partial charge in [-0.05, 0) is 21.0 Å². The average molecular weight is 245 g/mol. The molecule has 1 N–H and O–H groups in total. The van der Waals surface area contributed by atoms with Crippen LogP contribution in [0.1, 0.15) is 6.92 Å². The van der Waals surface area contributed by atoms with Gasteiger partial charge in [0.1, 0.15) is 5.02 Å². The monoisotopic (exact) mass is 244 g/mol. The fourth-order valence-electron chi connectivity index (χ4n) is 1.07. The van der Waals surface area contributed by atoms with E-state index in [1.165, 1.54) is 4.68 Å². The van der Waals surface area contributed by atoms with E-state index in [9.17, 15) is 4.79 Å². The van der Waals surface area contributed by atoms with Crippen LogP contribution in [0.25, 0.3) is 0 Å². The van der Waals surface area contributed by atoms with Crippen LogP contribution in [-0.2, 0) is 7.05 Å². The third-order valence-corrected chi connectivity index (χ3v) is 2.91. The van der Waals surface area contributed by atoms with Crippen LogP contribution in [0.2, 0.25) is 5.02 Å². The Kier molecular flexibility index (Phi) is 4.32. The van der Waals surface area contributed by atoms with Crippen molar-refractivity contribution in [3.63, 3.8) is 0 Å². The van der Waals surface area contributed by atoms with Crippen LogP contribution in [0.15, 0.2) is 11.0 Å². The van der Waals surface area contributed by atoms with E-state index in [0.29, 0.717) is 18.3 Å². The maximum Gasteiger partial charge on any atom is 0.287 e. The SMILES string of the molecule is CC(CNc1cnn(C)c(=O)c1Cl)N(C)C. The zero-order valence-corrected chi connectivity index (χ0v) is 10.7. The number of hydrogen-bond donors (Lipinski definition) is 1. The summed E-state index contributed by atoms with van der Waals surface area (Å²) in [6.07, 6.45) is 1.56. The number of nitrogens with one attached hydrogen (secondary N) is 1. The lowest BCUT2D eigenvalue weighted by Gasteiger charge is -2.20. The van der Waals surface area contributed by atoms with Gasteiger partial charge in [0.15, 0.2) is 0 Å². The predicted octanol–water partition coefficient (Wildman–Crippen LogP) is 0.796. The molecule has 0 aliphatic carbocycles. The van der Waals surface area contributed by atoms with Gasteiger partial charge in [0.05, 0.1) is 11.9 Å². The van der Waals surface area contributed by atoms with Crippen LogP contribution in [0.3, 0.4) is 0 Å². The fourth-order valence-corrected chi connectivity index (χ4v) is 1.31. The van der Waals surface area contributed by atoms with E-state index in [0.717, 1.165) is 0 Å². The summed E-state index contributed by atoms with van der Waals surface area (Å²) < 4.78 is 1.21. The zero-order valence-electron chi connectivity index (χ0n) is 9.99. The number of anilines is 1. The van der Waals surface area contributed by atoms with Gasteiger partial charge in [0.25, 0.3) is 5.56 Å². The summed E-state index contributed by atoms with van der Waals surface area (Å²) in [6, 6.07) is 0.347. The summed E-state index contributed by atoms with van der Waals surface area (Å²) in [5.41, 5.74) is 0.294. The molecule has 0 fully saturated rings. The predicted molar refractivity (Wildman–Crippen MR) is 66.1 cm³/mol. The summed E-state index contributed by atoms with van der Waals surface area (Å²) in [7, 11) is 5.56. The molecule has 90 valence electrons. The van der Waals surface area contributed by atoms with Crippen molar-refractivity contribution in [1.82, 2.24) is 14.7 Å². The Morgan fingerprint density at radius 3 is 2.81 bits per heavy atom. The Balaban J connectivity index is 2.76. The Labute approximate surface area is 100 Å². The average Bonchev–Trinajstić information content (AvgIpc) is 2.24. The molecule has 1 atom stereocenters. The third kappa shape index (κ3) is 2.96. The molecule has 6 heteroatoms. The molecule has 0 spiro atoms. The molecule has 0 bridgehead atoms. The number of nitrogens with zero attached hydrogens (tertiary/aromatic N) is 3. The van der Waals surface area contributed by atoms with Crippen molar-refractivity contribution in [2.45, 2.75) is 13.0 Å². The number of rotatable bonds is 4. The third-order valence-electron chi connectivity index (χ3n) is 2.55. The summed E-state index contributed by atoms with van der Waals surface area (Å²) in [5, 5.41) is 7.20. The summed E-state index contributed by atoms with van der Waals surface area (Å²) in [6.45, 7) is 2.79. The van der Waals surface area contributed by atoms with Crippen molar-refractivity contribution in [1.29, 1.82) is 0 Å². The van der Waals surface area contributed by atoms with Crippen molar-refractivity contribution in [2.24, 2.45) is 7.05 Å². The van der Waals surface area contributed by atoms with E-state index >= 15 is 0 Å². The highest BCUT2D eigenvalue weighted by atomic mass is 35.5. The van der Waals surface area contributed by atoms with Gasteiger partial charge in [0, 0.05) is 19.6 Å². The lowest BCUT2D eigenvalue weighted by molar-refractivity contribution is 0.326. The largest absolute Gasteiger partial charge is 0.381 e. The zero-order chi connectivity index (χ0) is 12.3. The van der Waals surface area contributed by atoms with Crippen molar-refractivity contribution >= 4 is 17.3 Å². The van der Waals surface area contributed by atoms with E-state index in [1.54, 1.807) is 13.2 Å². The molecular weight excluding hydrogens is 228 g/mol. The molecule has 0 aliphatic heterocycles. The molecule has 0 aromatic carbocycles. The van der Waals surface area contributed by atoms with E-state index in [-0.39, 0.29) is 10.6 Å². The summed E-state index contributed by atoms with van der Waals surface area (Å²) in [5.74, 6) is 0. The van der Waals surface area contributed by atoms with Crippen molar-refractivity contribution < 1.29 is 0 Å². The number of hydrogen-bond acceptors (Lipinski definition) is 4. The molecule has 1 heterocycles. The maximum atomic E-state index is 11.5. The highest BCUT2D eigenvalue weighted by Gasteiger charge is 2.09. The molecule has 0 saturated heterocycles. The Bertz CT molecular complexity index is 416. The topological polar surface area (TPSA) is 50.2 Å². The van der Waals surface area contributed by atoms with Gasteiger partial charge in [-0.25, -0.2) is 4.68 Å². The first-order valence-electron chi connectivity index (χ1n) is 5.05. The van der Waals surface area contributed by atoms with Gasteiger partial charge < -0.3 is 10.2 Å². The fraction of sp³-hybridized carbons (Fsp3) is 0.600. The molecule has 0 saturated carbocycles. The standard InChI is InChI=1S/C10H17ClN4O/c1-7(14(2)3)5-12-8-6-13-15(4)10(16)9(8)11/h6-7,12H,5H2,1-4H3. The molecular formula is C10H17ClN4O. The first-order chi connectivity index (χ1) is 7.43. The molecule has 5 nitrogen and oxygen atoms in total. The van der Waals surface area contributed by atoms with Crippen LogP contribution >= 0.6 is 11.6 Å². The molecule has 0 radical (unpaired) electrons. The van der Waals surface area contributed by atoms with E-state index in [2.05, 4.69) is 22.2 Å². The van der Waals surface area contributed by atoms with E-state index < -0.39 is 0 Å². The number of likely N-dealkylation sites (N-methyl/N-ethyl adjacent to an activating group) is 1. The van der Waals surface area contributed by atoms with Crippen molar-refractivity contribution in [2.75, 3.05) is 26.0 Å². The second-order valence-electron chi connectivity index (χ2n) is 3.99. The second-order valence-corrected chi connectivity index (χ2v) is 4.37. The molecule has 1 rings (SSSR count). The molecule has 16 heavy (non-hydrogen) atoms. The van der Waals surface area contributed by atoms with Crippen LogP contribution in [0.5, 0.6) is 0 Å². The normalized spacial score (nSPS) is 12.9. The highest BCUT2D eigenvalue weighted by molar-refractivity contribution is 6.32. The Morgan fingerprint density at radius 1 is 1.62 bits per heavy atom. The van der Waals surface area contributed by atoms with Crippen LogP contribution in [-0.4, -0.2) is 41.4 Å². The minimum atomic E-state index is -0.288. The van der Waals surface area contributed by atoms with Gasteiger partial charge in [-0.15, -0.1) is 0 Å². The summed E-state index contributed by atoms with van der Waals surface area (Å²) in [4.78, 5) is 13.6. The smallest absolute Gasteiger partial charge is 0.287 e. The lowest BCUT2D eigenvalue weighted by Crippen LogP contribution is -2.32. The summed E-state index contributed by atoms with van der Waals surface area (Å²) >= 11 is 5.91. The first kappa shape index (κ1) is 13.0. The van der Waals surface area contributed by atoms with Crippen molar-refractivity contribution in [3.8, 4) is 0 Å². The number of aryl methyl sites for hydroxylation is 1. The van der Waals surface area contributed by atoms with Crippen LogP contribution in [0, 0.1) is 0 Å². The molecule has 0 amide bonds.